The van der Waals surface area contributed by atoms with Gasteiger partial charge in [0.25, 0.3) is 0 Å². The van der Waals surface area contributed by atoms with Crippen molar-refractivity contribution in [3.05, 3.63) is 30.1 Å². The molecule has 1 aromatic carbocycles. The third-order valence-electron chi connectivity index (χ3n) is 4.85. The van der Waals surface area contributed by atoms with E-state index >= 15 is 0 Å². The summed E-state index contributed by atoms with van der Waals surface area (Å²) in [7, 11) is 0. The molecule has 0 radical (unpaired) electrons. The molecule has 2 rings (SSSR count). The van der Waals surface area contributed by atoms with Gasteiger partial charge in [-0.05, 0) is 56.4 Å². The molecule has 2 N–H and O–H groups in total. The predicted octanol–water partition coefficient (Wildman–Crippen LogP) is 3.95. The van der Waals surface area contributed by atoms with Gasteiger partial charge < -0.3 is 10.6 Å². The minimum Gasteiger partial charge on any atom is -0.365 e. The topological polar surface area (TPSA) is 29.3 Å². The lowest BCUT2D eigenvalue weighted by atomic mass is 9.87. The van der Waals surface area contributed by atoms with Gasteiger partial charge in [0.1, 0.15) is 5.82 Å². The number of anilines is 1. The molecule has 0 saturated heterocycles. The summed E-state index contributed by atoms with van der Waals surface area (Å²) >= 11 is 0. The first-order chi connectivity index (χ1) is 9.61. The number of nitrogens with two attached hydrogens (primary N) is 1. The summed E-state index contributed by atoms with van der Waals surface area (Å²) in [6.45, 7) is 6.08. The highest BCUT2D eigenvalue weighted by atomic mass is 19.1. The van der Waals surface area contributed by atoms with Crippen LogP contribution >= 0.6 is 0 Å². The zero-order chi connectivity index (χ0) is 14.6. The smallest absolute Gasteiger partial charge is 0.123 e. The molecule has 0 aromatic heterocycles. The van der Waals surface area contributed by atoms with Crippen LogP contribution in [0.3, 0.4) is 0 Å². The molecule has 0 spiro atoms. The Morgan fingerprint density at radius 3 is 2.55 bits per heavy atom. The summed E-state index contributed by atoms with van der Waals surface area (Å²) in [5.41, 5.74) is 7.31. The van der Waals surface area contributed by atoms with E-state index in [9.17, 15) is 4.39 Å². The summed E-state index contributed by atoms with van der Waals surface area (Å²) in [4.78, 5) is 2.39. The van der Waals surface area contributed by atoms with E-state index in [1.54, 1.807) is 12.1 Å². The molecule has 0 aliphatic heterocycles. The van der Waals surface area contributed by atoms with Crippen molar-refractivity contribution in [1.82, 2.24) is 0 Å². The zero-order valence-electron chi connectivity index (χ0n) is 12.7. The first-order valence-corrected chi connectivity index (χ1v) is 7.84. The van der Waals surface area contributed by atoms with Gasteiger partial charge in [-0.15, -0.1) is 0 Å². The van der Waals surface area contributed by atoms with Crippen molar-refractivity contribution < 1.29 is 4.39 Å². The molecule has 1 aliphatic carbocycles. The SMILES string of the molecule is CCN(c1ccc(F)cc1)C1(CN)CCCC(C)CC1. The Balaban J connectivity index is 2.28. The second-order valence-electron chi connectivity index (χ2n) is 6.19. The molecule has 20 heavy (non-hydrogen) atoms. The lowest BCUT2D eigenvalue weighted by Gasteiger charge is -2.44. The highest BCUT2D eigenvalue weighted by Crippen LogP contribution is 2.36. The number of halogens is 1. The van der Waals surface area contributed by atoms with Gasteiger partial charge in [-0.2, -0.15) is 0 Å². The van der Waals surface area contributed by atoms with Crippen molar-refractivity contribution in [2.75, 3.05) is 18.0 Å². The van der Waals surface area contributed by atoms with Crippen molar-refractivity contribution in [3.8, 4) is 0 Å². The predicted molar refractivity (Wildman–Crippen MR) is 83.5 cm³/mol. The van der Waals surface area contributed by atoms with Gasteiger partial charge >= 0.3 is 0 Å². The minimum absolute atomic E-state index is 0.0390. The number of hydrogen-bond acceptors (Lipinski definition) is 2. The summed E-state index contributed by atoms with van der Waals surface area (Å²) < 4.78 is 13.1. The van der Waals surface area contributed by atoms with E-state index in [1.807, 2.05) is 12.1 Å². The van der Waals surface area contributed by atoms with Gasteiger partial charge in [0.2, 0.25) is 0 Å². The Morgan fingerprint density at radius 1 is 1.25 bits per heavy atom. The van der Waals surface area contributed by atoms with E-state index in [1.165, 1.54) is 19.3 Å². The van der Waals surface area contributed by atoms with Crippen LogP contribution in [0.25, 0.3) is 0 Å². The first kappa shape index (κ1) is 15.3. The Kier molecular flexibility index (Phi) is 5.03. The molecule has 0 heterocycles. The van der Waals surface area contributed by atoms with Gasteiger partial charge in [0, 0.05) is 18.8 Å². The Hall–Kier alpha value is -1.09. The number of benzene rings is 1. The van der Waals surface area contributed by atoms with Crippen molar-refractivity contribution in [2.45, 2.75) is 51.5 Å². The van der Waals surface area contributed by atoms with E-state index in [2.05, 4.69) is 18.7 Å². The average molecular weight is 278 g/mol. The number of rotatable bonds is 4. The number of hydrogen-bond donors (Lipinski definition) is 1. The van der Waals surface area contributed by atoms with Gasteiger partial charge in [-0.25, -0.2) is 4.39 Å². The van der Waals surface area contributed by atoms with Crippen LogP contribution in [0, 0.1) is 11.7 Å². The van der Waals surface area contributed by atoms with Gasteiger partial charge in [0.05, 0.1) is 5.54 Å². The van der Waals surface area contributed by atoms with Crippen LogP contribution in [-0.2, 0) is 0 Å². The lowest BCUT2D eigenvalue weighted by molar-refractivity contribution is 0.345. The molecular weight excluding hydrogens is 251 g/mol. The molecule has 2 nitrogen and oxygen atoms in total. The molecule has 1 aliphatic rings. The van der Waals surface area contributed by atoms with E-state index in [-0.39, 0.29) is 11.4 Å². The normalized spacial score (nSPS) is 27.1. The zero-order valence-corrected chi connectivity index (χ0v) is 12.7. The van der Waals surface area contributed by atoms with Crippen molar-refractivity contribution >= 4 is 5.69 Å². The molecule has 0 bridgehead atoms. The summed E-state index contributed by atoms with van der Waals surface area (Å²) in [6.07, 6.45) is 6.03. The molecule has 2 atom stereocenters. The average Bonchev–Trinajstić information content (AvgIpc) is 2.65. The van der Waals surface area contributed by atoms with Crippen LogP contribution in [-0.4, -0.2) is 18.6 Å². The van der Waals surface area contributed by atoms with Crippen LogP contribution < -0.4 is 10.6 Å². The fourth-order valence-electron chi connectivity index (χ4n) is 3.56. The van der Waals surface area contributed by atoms with Crippen molar-refractivity contribution in [2.24, 2.45) is 11.7 Å². The Bertz CT molecular complexity index is 418. The Morgan fingerprint density at radius 2 is 1.95 bits per heavy atom. The van der Waals surface area contributed by atoms with Crippen LogP contribution in [0.2, 0.25) is 0 Å². The monoisotopic (exact) mass is 278 g/mol. The second kappa shape index (κ2) is 6.57. The summed E-state index contributed by atoms with van der Waals surface area (Å²) in [5.74, 6) is 0.608. The molecule has 0 amide bonds. The highest BCUT2D eigenvalue weighted by Gasteiger charge is 2.36. The molecule has 1 aromatic rings. The maximum Gasteiger partial charge on any atom is 0.123 e. The van der Waals surface area contributed by atoms with E-state index in [4.69, 9.17) is 5.73 Å². The lowest BCUT2D eigenvalue weighted by Crippen LogP contribution is -2.54. The van der Waals surface area contributed by atoms with Crippen LogP contribution in [0.4, 0.5) is 10.1 Å². The molecule has 3 heteroatoms. The van der Waals surface area contributed by atoms with Crippen LogP contribution in [0.15, 0.2) is 24.3 Å². The van der Waals surface area contributed by atoms with E-state index in [0.29, 0.717) is 6.54 Å². The minimum atomic E-state index is -0.180. The van der Waals surface area contributed by atoms with Gasteiger partial charge in [0.15, 0.2) is 0 Å². The maximum atomic E-state index is 13.1. The van der Waals surface area contributed by atoms with Crippen LogP contribution in [0.5, 0.6) is 0 Å². The molecule has 112 valence electrons. The largest absolute Gasteiger partial charge is 0.365 e. The quantitative estimate of drug-likeness (QED) is 0.845. The summed E-state index contributed by atoms with van der Waals surface area (Å²) in [6, 6.07) is 6.85. The molecular formula is C17H27FN2. The Labute approximate surface area is 122 Å². The number of nitrogens with zero attached hydrogens (tertiary/aromatic N) is 1. The van der Waals surface area contributed by atoms with Crippen molar-refractivity contribution in [3.63, 3.8) is 0 Å². The second-order valence-corrected chi connectivity index (χ2v) is 6.19. The maximum absolute atomic E-state index is 13.1. The van der Waals surface area contributed by atoms with Gasteiger partial charge in [-0.3, -0.25) is 0 Å². The third-order valence-corrected chi connectivity index (χ3v) is 4.85. The summed E-state index contributed by atoms with van der Waals surface area (Å²) in [5, 5.41) is 0. The number of likely N-dealkylation sites (N-methyl/N-ethyl adjacent to an activating group) is 1. The van der Waals surface area contributed by atoms with E-state index in [0.717, 1.165) is 31.0 Å². The first-order valence-electron chi connectivity index (χ1n) is 7.84. The highest BCUT2D eigenvalue weighted by molar-refractivity contribution is 5.49. The molecule has 1 fully saturated rings. The fourth-order valence-corrected chi connectivity index (χ4v) is 3.56. The van der Waals surface area contributed by atoms with E-state index < -0.39 is 0 Å². The third kappa shape index (κ3) is 3.14. The van der Waals surface area contributed by atoms with Crippen molar-refractivity contribution in [1.29, 1.82) is 0 Å². The standard InChI is InChI=1S/C17H27FN2/c1-3-20(16-8-6-15(18)7-9-16)17(13-19)11-4-5-14(2)10-12-17/h6-9,14H,3-5,10-13,19H2,1-2H3. The molecule has 2 unspecified atom stereocenters. The van der Waals surface area contributed by atoms with Crippen LogP contribution in [0.1, 0.15) is 46.0 Å². The molecule has 1 saturated carbocycles. The fraction of sp³-hybridized carbons (Fsp3) is 0.647. The van der Waals surface area contributed by atoms with Gasteiger partial charge in [-0.1, -0.05) is 19.8 Å².